The molecule has 0 radical (unpaired) electrons. The molecule has 0 N–H and O–H groups in total. The molecule has 0 aliphatic carbocycles. The molecule has 0 saturated carbocycles. The summed E-state index contributed by atoms with van der Waals surface area (Å²) in [6.07, 6.45) is 1.51. The van der Waals surface area contributed by atoms with Gasteiger partial charge in [-0.3, -0.25) is 9.59 Å². The zero-order chi connectivity index (χ0) is 20.8. The van der Waals surface area contributed by atoms with E-state index in [-0.39, 0.29) is 18.4 Å². The molecule has 1 aliphatic heterocycles. The molecule has 6 nitrogen and oxygen atoms in total. The van der Waals surface area contributed by atoms with E-state index in [0.717, 1.165) is 29.7 Å². The van der Waals surface area contributed by atoms with E-state index in [2.05, 4.69) is 0 Å². The topological polar surface area (TPSA) is 66.9 Å². The highest BCUT2D eigenvalue weighted by Gasteiger charge is 2.20. The van der Waals surface area contributed by atoms with Gasteiger partial charge in [0.1, 0.15) is 0 Å². The van der Waals surface area contributed by atoms with E-state index in [1.807, 2.05) is 48.2 Å². The van der Waals surface area contributed by atoms with Gasteiger partial charge in [-0.1, -0.05) is 42.0 Å². The lowest BCUT2D eigenvalue weighted by atomic mass is 10.1. The largest absolute Gasteiger partial charge is 0.452 e. The van der Waals surface area contributed by atoms with Crippen molar-refractivity contribution < 1.29 is 19.1 Å². The maximum atomic E-state index is 12.2. The smallest absolute Gasteiger partial charge is 0.338 e. The van der Waals surface area contributed by atoms with Crippen LogP contribution < -0.4 is 0 Å². The van der Waals surface area contributed by atoms with Crippen molar-refractivity contribution >= 4 is 17.8 Å². The van der Waals surface area contributed by atoms with Gasteiger partial charge in [-0.2, -0.15) is 0 Å². The van der Waals surface area contributed by atoms with Crippen molar-refractivity contribution in [2.45, 2.75) is 32.9 Å². The normalized spacial score (nSPS) is 13.4. The van der Waals surface area contributed by atoms with E-state index in [1.54, 1.807) is 19.2 Å². The average Bonchev–Trinajstić information content (AvgIpc) is 3.12. The Morgan fingerprint density at radius 2 is 1.69 bits per heavy atom. The molecule has 2 aromatic rings. The van der Waals surface area contributed by atoms with E-state index in [0.29, 0.717) is 25.1 Å². The van der Waals surface area contributed by atoms with Crippen LogP contribution in [0, 0.1) is 6.92 Å². The number of carbonyl (C=O) groups is 3. The molecule has 1 fully saturated rings. The summed E-state index contributed by atoms with van der Waals surface area (Å²) >= 11 is 0. The second kappa shape index (κ2) is 9.37. The lowest BCUT2D eigenvalue weighted by Crippen LogP contribution is -2.30. The number of ether oxygens (including phenoxy) is 1. The van der Waals surface area contributed by atoms with Crippen LogP contribution in [0.5, 0.6) is 0 Å². The van der Waals surface area contributed by atoms with Crippen molar-refractivity contribution in [3.8, 4) is 0 Å². The van der Waals surface area contributed by atoms with Crippen molar-refractivity contribution in [3.63, 3.8) is 0 Å². The number of amides is 2. The lowest BCUT2D eigenvalue weighted by Gasteiger charge is -2.17. The van der Waals surface area contributed by atoms with Gasteiger partial charge in [-0.25, -0.2) is 4.79 Å². The third kappa shape index (κ3) is 5.67. The number of aryl methyl sites for hydroxylation is 1. The van der Waals surface area contributed by atoms with Gasteiger partial charge in [0, 0.05) is 33.1 Å². The predicted octanol–water partition coefficient (Wildman–Crippen LogP) is 2.93. The Morgan fingerprint density at radius 3 is 2.31 bits per heavy atom. The zero-order valence-corrected chi connectivity index (χ0v) is 16.9. The lowest BCUT2D eigenvalue weighted by molar-refractivity contribution is -0.133. The van der Waals surface area contributed by atoms with Gasteiger partial charge < -0.3 is 14.5 Å². The van der Waals surface area contributed by atoms with Gasteiger partial charge in [0.15, 0.2) is 6.61 Å². The van der Waals surface area contributed by atoms with Crippen molar-refractivity contribution in [1.29, 1.82) is 0 Å². The quantitative estimate of drug-likeness (QED) is 0.677. The average molecular weight is 394 g/mol. The Morgan fingerprint density at radius 1 is 1.03 bits per heavy atom. The van der Waals surface area contributed by atoms with Crippen LogP contribution in [0.3, 0.4) is 0 Å². The third-order valence-corrected chi connectivity index (χ3v) is 5.03. The summed E-state index contributed by atoms with van der Waals surface area (Å²) in [6, 6.07) is 14.9. The number of esters is 1. The van der Waals surface area contributed by atoms with Gasteiger partial charge in [0.05, 0.1) is 5.56 Å². The van der Waals surface area contributed by atoms with Crippen LogP contribution >= 0.6 is 0 Å². The van der Waals surface area contributed by atoms with Crippen LogP contribution in [-0.4, -0.2) is 47.8 Å². The molecular weight excluding hydrogens is 368 g/mol. The number of hydrogen-bond donors (Lipinski definition) is 0. The predicted molar refractivity (Wildman–Crippen MR) is 109 cm³/mol. The number of likely N-dealkylation sites (tertiary alicyclic amines) is 1. The first kappa shape index (κ1) is 20.6. The molecule has 0 aromatic heterocycles. The highest BCUT2D eigenvalue weighted by molar-refractivity contribution is 5.91. The van der Waals surface area contributed by atoms with Gasteiger partial charge in [0.25, 0.3) is 5.91 Å². The first-order chi connectivity index (χ1) is 13.9. The summed E-state index contributed by atoms with van der Waals surface area (Å²) < 4.78 is 5.16. The van der Waals surface area contributed by atoms with Crippen molar-refractivity contribution in [1.82, 2.24) is 9.80 Å². The van der Waals surface area contributed by atoms with Gasteiger partial charge in [0.2, 0.25) is 5.91 Å². The molecule has 1 saturated heterocycles. The highest BCUT2D eigenvalue weighted by Crippen LogP contribution is 2.15. The number of likely N-dealkylation sites (N-methyl/N-ethyl adjacent to an activating group) is 1. The van der Waals surface area contributed by atoms with Crippen LogP contribution in [0.2, 0.25) is 0 Å². The molecule has 29 heavy (non-hydrogen) atoms. The number of carbonyl (C=O) groups excluding carboxylic acids is 3. The first-order valence-electron chi connectivity index (χ1n) is 9.76. The Labute approximate surface area is 171 Å². The first-order valence-corrected chi connectivity index (χ1v) is 9.76. The fourth-order valence-electron chi connectivity index (χ4n) is 3.21. The second-order valence-corrected chi connectivity index (χ2v) is 7.43. The van der Waals surface area contributed by atoms with Gasteiger partial charge >= 0.3 is 5.97 Å². The Kier molecular flexibility index (Phi) is 6.65. The summed E-state index contributed by atoms with van der Waals surface area (Å²) in [6.45, 7) is 3.50. The molecule has 2 aromatic carbocycles. The summed E-state index contributed by atoms with van der Waals surface area (Å²) in [5.74, 6) is -0.629. The van der Waals surface area contributed by atoms with E-state index >= 15 is 0 Å². The standard InChI is InChI=1S/C23H26N2O4/c1-17-5-7-18(8-6-17)14-24(2)22(27)16-29-23(28)20-11-9-19(10-12-20)15-25-13-3-4-21(25)26/h5-12H,3-4,13-16H2,1-2H3. The van der Waals surface area contributed by atoms with Crippen molar-refractivity contribution in [2.75, 3.05) is 20.2 Å². The van der Waals surface area contributed by atoms with E-state index in [9.17, 15) is 14.4 Å². The molecular formula is C23H26N2O4. The van der Waals surface area contributed by atoms with Crippen LogP contribution in [-0.2, 0) is 27.4 Å². The molecule has 1 heterocycles. The second-order valence-electron chi connectivity index (χ2n) is 7.43. The molecule has 0 spiro atoms. The van der Waals surface area contributed by atoms with E-state index in [4.69, 9.17) is 4.74 Å². The maximum Gasteiger partial charge on any atom is 0.338 e. The Balaban J connectivity index is 1.47. The molecule has 1 aliphatic rings. The van der Waals surface area contributed by atoms with Crippen molar-refractivity contribution in [2.24, 2.45) is 0 Å². The molecule has 2 amide bonds. The molecule has 6 heteroatoms. The number of nitrogens with zero attached hydrogens (tertiary/aromatic N) is 2. The fraction of sp³-hybridized carbons (Fsp3) is 0.348. The maximum absolute atomic E-state index is 12.2. The van der Waals surface area contributed by atoms with E-state index < -0.39 is 5.97 Å². The van der Waals surface area contributed by atoms with Crippen molar-refractivity contribution in [3.05, 3.63) is 70.8 Å². The molecule has 152 valence electrons. The summed E-state index contributed by atoms with van der Waals surface area (Å²) in [5, 5.41) is 0. The molecule has 3 rings (SSSR count). The zero-order valence-electron chi connectivity index (χ0n) is 16.9. The van der Waals surface area contributed by atoms with Gasteiger partial charge in [-0.15, -0.1) is 0 Å². The summed E-state index contributed by atoms with van der Waals surface area (Å²) in [7, 11) is 1.68. The fourth-order valence-corrected chi connectivity index (χ4v) is 3.21. The third-order valence-electron chi connectivity index (χ3n) is 5.03. The summed E-state index contributed by atoms with van der Waals surface area (Å²) in [5.41, 5.74) is 3.53. The highest BCUT2D eigenvalue weighted by atomic mass is 16.5. The SMILES string of the molecule is Cc1ccc(CN(C)C(=O)COC(=O)c2ccc(CN3CCCC3=O)cc2)cc1. The van der Waals surface area contributed by atoms with Crippen LogP contribution in [0.25, 0.3) is 0 Å². The molecule has 0 bridgehead atoms. The molecule has 0 atom stereocenters. The van der Waals surface area contributed by atoms with Crippen LogP contribution in [0.4, 0.5) is 0 Å². The monoisotopic (exact) mass is 394 g/mol. The minimum absolute atomic E-state index is 0.168. The van der Waals surface area contributed by atoms with Crippen LogP contribution in [0.15, 0.2) is 48.5 Å². The van der Waals surface area contributed by atoms with E-state index in [1.165, 1.54) is 4.90 Å². The Bertz CT molecular complexity index is 875. The minimum Gasteiger partial charge on any atom is -0.452 e. The Hall–Kier alpha value is -3.15. The number of benzene rings is 2. The number of hydrogen-bond acceptors (Lipinski definition) is 4. The summed E-state index contributed by atoms with van der Waals surface area (Å²) in [4.78, 5) is 39.5. The van der Waals surface area contributed by atoms with Gasteiger partial charge in [-0.05, 0) is 36.6 Å². The van der Waals surface area contributed by atoms with Crippen LogP contribution in [0.1, 0.15) is 39.9 Å². The molecule has 0 unspecified atom stereocenters. The number of rotatable bonds is 7. The minimum atomic E-state index is -0.536.